The van der Waals surface area contributed by atoms with Gasteiger partial charge in [0.25, 0.3) is 0 Å². The lowest BCUT2D eigenvalue weighted by atomic mass is 9.99. The molecule has 0 N–H and O–H groups in total. The van der Waals surface area contributed by atoms with Crippen LogP contribution in [-0.2, 0) is 6.42 Å². The van der Waals surface area contributed by atoms with E-state index in [-0.39, 0.29) is 0 Å². The van der Waals surface area contributed by atoms with Crippen molar-refractivity contribution in [3.8, 4) is 123 Å². The van der Waals surface area contributed by atoms with E-state index in [1.54, 1.807) is 34.0 Å². The van der Waals surface area contributed by atoms with Crippen LogP contribution < -0.4 is 0 Å². The van der Waals surface area contributed by atoms with Crippen molar-refractivity contribution < 1.29 is 0 Å². The maximum Gasteiger partial charge on any atom is 0.164 e. The molecule has 13 heteroatoms. The van der Waals surface area contributed by atoms with E-state index in [0.29, 0.717) is 34.9 Å². The van der Waals surface area contributed by atoms with Crippen LogP contribution in [0, 0.1) is 0 Å². The van der Waals surface area contributed by atoms with E-state index in [1.807, 2.05) is 71.2 Å². The van der Waals surface area contributed by atoms with Crippen molar-refractivity contribution in [2.45, 2.75) is 6.42 Å². The van der Waals surface area contributed by atoms with Gasteiger partial charge in [0.1, 0.15) is 10.0 Å². The fraction of sp³-hybridized carbons (Fsp3) is 0.0108. The number of hydrogen-bond donors (Lipinski definition) is 0. The molecule has 0 radical (unpaired) electrons. The van der Waals surface area contributed by atoms with Crippen LogP contribution in [0.3, 0.4) is 0 Å². The second kappa shape index (κ2) is 25.7. The third-order valence-electron chi connectivity index (χ3n) is 20.0. The number of benzene rings is 14. The maximum absolute atomic E-state index is 5.23. The number of hydrogen-bond acceptors (Lipinski definition) is 13. The van der Waals surface area contributed by atoms with Crippen molar-refractivity contribution >= 4 is 138 Å². The first-order chi connectivity index (χ1) is 52.5. The van der Waals surface area contributed by atoms with Gasteiger partial charge in [-0.3, -0.25) is 0 Å². The fourth-order valence-corrected chi connectivity index (χ4v) is 20.5. The zero-order valence-electron chi connectivity index (χ0n) is 56.3. The Kier molecular flexibility index (Phi) is 15.1. The average molecular weight is 1440 g/mol. The van der Waals surface area contributed by atoms with E-state index in [1.165, 1.54) is 109 Å². The second-order valence-corrected chi connectivity index (χ2v) is 31.7. The van der Waals surface area contributed by atoms with E-state index in [9.17, 15) is 0 Å². The maximum atomic E-state index is 5.23. The molecule has 0 bridgehead atoms. The molecule has 0 atom stereocenters. The topological polar surface area (TPSA) is 103 Å². The normalized spacial score (nSPS) is 11.9. The van der Waals surface area contributed by atoms with Gasteiger partial charge in [-0.25, -0.2) is 39.9 Å². The molecule has 14 aromatic carbocycles. The Hall–Kier alpha value is -12.5. The molecule has 0 saturated heterocycles. The third kappa shape index (κ3) is 11.0. The summed E-state index contributed by atoms with van der Waals surface area (Å²) in [6.45, 7) is 0. The lowest BCUT2D eigenvalue weighted by molar-refractivity contribution is 1.08. The van der Waals surface area contributed by atoms with Crippen LogP contribution in [0.15, 0.2) is 315 Å². The highest BCUT2D eigenvalue weighted by atomic mass is 32.1. The lowest BCUT2D eigenvalue weighted by Gasteiger charge is -2.11. The first kappa shape index (κ1) is 62.1. The first-order valence-corrected chi connectivity index (χ1v) is 39.1. The second-order valence-electron chi connectivity index (χ2n) is 26.4. The highest BCUT2D eigenvalue weighted by Gasteiger charge is 2.24. The zero-order valence-corrected chi connectivity index (χ0v) is 60.4. The van der Waals surface area contributed by atoms with E-state index >= 15 is 0 Å². The number of aromatic nitrogens is 8. The molecule has 0 spiro atoms. The molecule has 496 valence electrons. The van der Waals surface area contributed by atoms with E-state index in [2.05, 4.69) is 267 Å². The molecule has 7 heterocycles. The predicted molar refractivity (Wildman–Crippen MR) is 447 cm³/mol. The molecule has 0 unspecified atom stereocenters. The third-order valence-corrected chi connectivity index (χ3v) is 25.7. The summed E-state index contributed by atoms with van der Waals surface area (Å²) in [5.41, 5.74) is 20.3. The van der Waals surface area contributed by atoms with Crippen LogP contribution in [0.4, 0.5) is 0 Å². The molecule has 8 nitrogen and oxygen atoms in total. The van der Waals surface area contributed by atoms with E-state index in [0.717, 1.165) is 77.4 Å². The number of nitrogens with zero attached hydrogens (tertiary/aromatic N) is 8. The van der Waals surface area contributed by atoms with Gasteiger partial charge >= 0.3 is 0 Å². The summed E-state index contributed by atoms with van der Waals surface area (Å²) < 4.78 is 9.80. The Morgan fingerprint density at radius 1 is 0.198 bits per heavy atom. The first-order valence-electron chi connectivity index (χ1n) is 35.1. The van der Waals surface area contributed by atoms with Gasteiger partial charge < -0.3 is 0 Å². The highest BCUT2D eigenvalue weighted by molar-refractivity contribution is 7.27. The van der Waals surface area contributed by atoms with E-state index < -0.39 is 0 Å². The van der Waals surface area contributed by atoms with Gasteiger partial charge in [-0.15, -0.1) is 56.7 Å². The molecule has 1 aliphatic carbocycles. The zero-order chi connectivity index (χ0) is 69.8. The standard InChI is InChI=1S/C47H28N4S2.C46H26N4S3/c1-2-10-29(11-3-1)44-49-45(33-25-24-32-26-31-12-4-5-13-34(31)38(32)27-33)51-46(50-44)37-16-9-19-41-42(37)36-15-8-14-35(43(36)52-41)28-20-22-30(23-21-28)47-48-39-17-6-7-18-40(39)53-47;1-2-10-28(11-3-1)43-48-44(30-24-25-33-32-12-4-6-17-37(32)51-40(33)26-30)50-45(49-43)35-15-9-19-39-41(35)34-14-8-13-31(42(34)52-39)27-20-22-29(23-21-27)46-47-36-16-5-7-18-38(36)53-46/h1-25,27H,26H2;1-26H. The van der Waals surface area contributed by atoms with Gasteiger partial charge in [0.15, 0.2) is 34.9 Å². The van der Waals surface area contributed by atoms with Gasteiger partial charge in [0.2, 0.25) is 0 Å². The number of thiazole rings is 2. The van der Waals surface area contributed by atoms with Crippen LogP contribution >= 0.6 is 56.7 Å². The molecule has 0 fully saturated rings. The molecular weight excluding hydrogens is 1390 g/mol. The van der Waals surface area contributed by atoms with Crippen molar-refractivity contribution in [2.24, 2.45) is 0 Å². The molecule has 22 rings (SSSR count). The van der Waals surface area contributed by atoms with Crippen LogP contribution in [0.5, 0.6) is 0 Å². The summed E-state index contributed by atoms with van der Waals surface area (Å²) in [5.74, 6) is 4.00. The minimum absolute atomic E-state index is 0.660. The summed E-state index contributed by atoms with van der Waals surface area (Å²) in [5, 5.41) is 9.34. The van der Waals surface area contributed by atoms with Gasteiger partial charge in [-0.1, -0.05) is 261 Å². The molecule has 106 heavy (non-hydrogen) atoms. The number of thiophene rings is 3. The summed E-state index contributed by atoms with van der Waals surface area (Å²) in [6, 6.07) is 111. The Labute approximate surface area is 628 Å². The van der Waals surface area contributed by atoms with E-state index in [4.69, 9.17) is 39.9 Å². The van der Waals surface area contributed by atoms with Gasteiger partial charge in [-0.2, -0.15) is 0 Å². The van der Waals surface area contributed by atoms with Crippen molar-refractivity contribution in [3.05, 3.63) is 327 Å². The summed E-state index contributed by atoms with van der Waals surface area (Å²) in [4.78, 5) is 40.7. The molecule has 0 aliphatic heterocycles. The Bertz CT molecular complexity index is 6990. The van der Waals surface area contributed by atoms with Crippen LogP contribution in [0.2, 0.25) is 0 Å². The summed E-state index contributed by atoms with van der Waals surface area (Å²) in [6.07, 6.45) is 0.950. The number of para-hydroxylation sites is 2. The van der Waals surface area contributed by atoms with Crippen molar-refractivity contribution in [2.75, 3.05) is 0 Å². The molecule has 21 aromatic rings. The molecular formula is C93H54N8S5. The minimum atomic E-state index is 0.660. The monoisotopic (exact) mass is 1440 g/mol. The summed E-state index contributed by atoms with van der Waals surface area (Å²) >= 11 is 8.91. The molecule has 0 saturated carbocycles. The van der Waals surface area contributed by atoms with Crippen molar-refractivity contribution in [1.82, 2.24) is 39.9 Å². The predicted octanol–water partition coefficient (Wildman–Crippen LogP) is 26.3. The molecule has 1 aliphatic rings. The lowest BCUT2D eigenvalue weighted by Crippen LogP contribution is -2.00. The number of rotatable bonds is 10. The van der Waals surface area contributed by atoms with Crippen LogP contribution in [0.1, 0.15) is 11.1 Å². The quantitative estimate of drug-likeness (QED) is 0.133. The summed E-state index contributed by atoms with van der Waals surface area (Å²) in [7, 11) is 0. The number of fused-ring (bicyclic) bond motifs is 14. The average Bonchev–Trinajstić information content (AvgIpc) is 1.57. The van der Waals surface area contributed by atoms with Gasteiger partial charge in [0, 0.05) is 105 Å². The van der Waals surface area contributed by atoms with Gasteiger partial charge in [0.05, 0.1) is 20.4 Å². The largest absolute Gasteiger partial charge is 0.236 e. The van der Waals surface area contributed by atoms with Crippen LogP contribution in [-0.4, -0.2) is 39.9 Å². The van der Waals surface area contributed by atoms with Crippen LogP contribution in [0.25, 0.3) is 204 Å². The Balaban J connectivity index is 0.000000136. The highest BCUT2D eigenvalue weighted by Crippen LogP contribution is 2.48. The van der Waals surface area contributed by atoms with Gasteiger partial charge in [-0.05, 0) is 106 Å². The fourth-order valence-electron chi connectivity index (χ4n) is 14.9. The molecule has 7 aromatic heterocycles. The van der Waals surface area contributed by atoms with Crippen molar-refractivity contribution in [1.29, 1.82) is 0 Å². The minimum Gasteiger partial charge on any atom is -0.236 e. The molecule has 0 amide bonds. The smallest absolute Gasteiger partial charge is 0.164 e. The Morgan fingerprint density at radius 2 is 0.585 bits per heavy atom. The van der Waals surface area contributed by atoms with Crippen molar-refractivity contribution in [3.63, 3.8) is 0 Å². The Morgan fingerprint density at radius 3 is 1.14 bits per heavy atom. The SMILES string of the molecule is c1ccc(-c2nc(-c3ccc4c(c3)-c3ccccc3C4)nc(-c3cccc4sc5c(-c6ccc(-c7nc8ccccc8s7)cc6)cccc5c34)n2)cc1.c1ccc(-c2nc(-c3ccc4c(c3)sc3ccccc34)nc(-c3cccc4sc5c(-c6ccc(-c7nc8ccccc8s7)cc6)cccc5c34)n2)cc1.